The molecule has 0 spiro atoms. The fourth-order valence-corrected chi connectivity index (χ4v) is 4.00. The number of hydrogen-bond donors (Lipinski definition) is 1. The smallest absolute Gasteiger partial charge is 0.255 e. The maximum atomic E-state index is 12.6. The monoisotopic (exact) mass is 399 g/mol. The van der Waals surface area contributed by atoms with E-state index in [-0.39, 0.29) is 5.91 Å². The van der Waals surface area contributed by atoms with Crippen LogP contribution in [0.25, 0.3) is 11.1 Å². The molecule has 3 aromatic rings. The number of hydrogen-bond acceptors (Lipinski definition) is 3. The third kappa shape index (κ3) is 4.55. The van der Waals surface area contributed by atoms with Crippen LogP contribution in [0.1, 0.15) is 23.7 Å². The molecule has 1 saturated heterocycles. The average Bonchev–Trinajstić information content (AvgIpc) is 3.30. The number of likely N-dealkylation sites (N-methyl/N-ethyl adjacent to an activating group) is 1. The zero-order valence-corrected chi connectivity index (χ0v) is 17.7. The van der Waals surface area contributed by atoms with Gasteiger partial charge in [0.25, 0.3) is 5.91 Å². The molecule has 0 aromatic heterocycles. The summed E-state index contributed by atoms with van der Waals surface area (Å²) in [7, 11) is 2.19. The molecule has 0 bridgehead atoms. The van der Waals surface area contributed by atoms with Gasteiger partial charge in [-0.25, -0.2) is 0 Å². The van der Waals surface area contributed by atoms with Gasteiger partial charge in [-0.3, -0.25) is 4.79 Å². The van der Waals surface area contributed by atoms with Gasteiger partial charge in [0.1, 0.15) is 0 Å². The van der Waals surface area contributed by atoms with E-state index in [4.69, 9.17) is 0 Å². The molecule has 154 valence electrons. The highest BCUT2D eigenvalue weighted by molar-refractivity contribution is 6.04. The summed E-state index contributed by atoms with van der Waals surface area (Å²) in [5.74, 6) is -0.0897. The van der Waals surface area contributed by atoms with Crippen LogP contribution in [0.15, 0.2) is 78.9 Å². The molecule has 0 radical (unpaired) electrons. The number of carbonyl (C=O) groups is 1. The van der Waals surface area contributed by atoms with Gasteiger partial charge in [0, 0.05) is 36.1 Å². The molecular formula is C26H29N3O. The highest BCUT2D eigenvalue weighted by atomic mass is 16.1. The minimum atomic E-state index is -0.0897. The Morgan fingerprint density at radius 1 is 0.967 bits per heavy atom. The van der Waals surface area contributed by atoms with Crippen molar-refractivity contribution in [2.75, 3.05) is 36.9 Å². The lowest BCUT2D eigenvalue weighted by Gasteiger charge is -2.24. The Hall–Kier alpha value is -3.11. The van der Waals surface area contributed by atoms with E-state index < -0.39 is 0 Å². The van der Waals surface area contributed by atoms with Crippen molar-refractivity contribution >= 4 is 17.3 Å². The van der Waals surface area contributed by atoms with Gasteiger partial charge in [-0.15, -0.1) is 0 Å². The van der Waals surface area contributed by atoms with Crippen LogP contribution >= 0.6 is 0 Å². The maximum absolute atomic E-state index is 12.6. The Morgan fingerprint density at radius 2 is 1.63 bits per heavy atom. The number of amides is 1. The van der Waals surface area contributed by atoms with E-state index in [0.717, 1.165) is 36.4 Å². The van der Waals surface area contributed by atoms with Crippen LogP contribution in [0.4, 0.5) is 11.4 Å². The predicted octanol–water partition coefficient (Wildman–Crippen LogP) is 5.14. The Labute approximate surface area is 179 Å². The summed E-state index contributed by atoms with van der Waals surface area (Å²) in [5, 5.41) is 3.01. The summed E-state index contributed by atoms with van der Waals surface area (Å²) < 4.78 is 0. The number of rotatable bonds is 6. The van der Waals surface area contributed by atoms with Crippen LogP contribution < -0.4 is 10.2 Å². The minimum absolute atomic E-state index is 0.0897. The van der Waals surface area contributed by atoms with Crippen LogP contribution in [0, 0.1) is 0 Å². The number of benzene rings is 3. The van der Waals surface area contributed by atoms with E-state index in [9.17, 15) is 4.79 Å². The van der Waals surface area contributed by atoms with Crippen molar-refractivity contribution in [3.05, 3.63) is 84.4 Å². The first kappa shape index (κ1) is 20.2. The Balaban J connectivity index is 1.37. The molecule has 4 nitrogen and oxygen atoms in total. The lowest BCUT2D eigenvalue weighted by atomic mass is 10.0. The molecule has 4 rings (SSSR count). The van der Waals surface area contributed by atoms with Gasteiger partial charge in [0.15, 0.2) is 0 Å². The molecule has 1 fully saturated rings. The topological polar surface area (TPSA) is 35.6 Å². The highest BCUT2D eigenvalue weighted by Crippen LogP contribution is 2.25. The zero-order chi connectivity index (χ0) is 20.9. The molecule has 30 heavy (non-hydrogen) atoms. The van der Waals surface area contributed by atoms with Crippen molar-refractivity contribution in [1.82, 2.24) is 4.90 Å². The van der Waals surface area contributed by atoms with Gasteiger partial charge in [-0.1, -0.05) is 49.4 Å². The van der Waals surface area contributed by atoms with E-state index in [1.54, 1.807) is 0 Å². The standard InChI is InChI=1S/C26H29N3O/c1-3-28(2)25-17-18-29(19-25)24-15-13-23(14-16-24)27-26(30)22-11-9-21(10-12-22)20-7-5-4-6-8-20/h4-16,25H,3,17-19H2,1-2H3,(H,27,30). The summed E-state index contributed by atoms with van der Waals surface area (Å²) in [6, 6.07) is 26.7. The fourth-order valence-electron chi connectivity index (χ4n) is 4.00. The third-order valence-electron chi connectivity index (χ3n) is 6.03. The molecular weight excluding hydrogens is 370 g/mol. The number of anilines is 2. The summed E-state index contributed by atoms with van der Waals surface area (Å²) in [6.07, 6.45) is 1.20. The first-order chi connectivity index (χ1) is 14.6. The van der Waals surface area contributed by atoms with Crippen molar-refractivity contribution in [2.24, 2.45) is 0 Å². The maximum Gasteiger partial charge on any atom is 0.255 e. The largest absolute Gasteiger partial charge is 0.370 e. The summed E-state index contributed by atoms with van der Waals surface area (Å²) in [4.78, 5) is 17.5. The Bertz CT molecular complexity index is 967. The average molecular weight is 400 g/mol. The number of carbonyl (C=O) groups excluding carboxylic acids is 1. The van der Waals surface area contributed by atoms with Gasteiger partial charge in [-0.2, -0.15) is 0 Å². The van der Waals surface area contributed by atoms with Crippen LogP contribution in [0.3, 0.4) is 0 Å². The lowest BCUT2D eigenvalue weighted by molar-refractivity contribution is 0.102. The Morgan fingerprint density at radius 3 is 2.30 bits per heavy atom. The number of nitrogens with zero attached hydrogens (tertiary/aromatic N) is 2. The van der Waals surface area contributed by atoms with E-state index in [2.05, 4.69) is 53.4 Å². The molecule has 1 unspecified atom stereocenters. The molecule has 4 heteroatoms. The second kappa shape index (κ2) is 9.14. The molecule has 1 heterocycles. The SMILES string of the molecule is CCN(C)C1CCN(c2ccc(NC(=O)c3ccc(-c4ccccc4)cc3)cc2)C1. The lowest BCUT2D eigenvalue weighted by Crippen LogP contribution is -2.34. The van der Waals surface area contributed by atoms with Crippen molar-refractivity contribution in [3.63, 3.8) is 0 Å². The van der Waals surface area contributed by atoms with Gasteiger partial charge < -0.3 is 15.1 Å². The molecule has 1 aliphatic rings. The fraction of sp³-hybridized carbons (Fsp3) is 0.269. The molecule has 1 N–H and O–H groups in total. The molecule has 1 aliphatic heterocycles. The van der Waals surface area contributed by atoms with E-state index in [1.807, 2.05) is 54.6 Å². The van der Waals surface area contributed by atoms with Gasteiger partial charge >= 0.3 is 0 Å². The summed E-state index contributed by atoms with van der Waals surface area (Å²) >= 11 is 0. The van der Waals surface area contributed by atoms with Crippen molar-refractivity contribution in [2.45, 2.75) is 19.4 Å². The minimum Gasteiger partial charge on any atom is -0.370 e. The van der Waals surface area contributed by atoms with Gasteiger partial charge in [0.05, 0.1) is 0 Å². The number of nitrogens with one attached hydrogen (secondary N) is 1. The molecule has 3 aromatic carbocycles. The Kier molecular flexibility index (Phi) is 6.15. The first-order valence-electron chi connectivity index (χ1n) is 10.7. The van der Waals surface area contributed by atoms with Crippen LogP contribution in [-0.4, -0.2) is 43.5 Å². The molecule has 0 aliphatic carbocycles. The predicted molar refractivity (Wildman–Crippen MR) is 125 cm³/mol. The molecule has 0 saturated carbocycles. The van der Waals surface area contributed by atoms with Crippen LogP contribution in [-0.2, 0) is 0 Å². The van der Waals surface area contributed by atoms with Crippen molar-refractivity contribution < 1.29 is 4.79 Å². The molecule has 1 amide bonds. The van der Waals surface area contributed by atoms with Crippen molar-refractivity contribution in [1.29, 1.82) is 0 Å². The van der Waals surface area contributed by atoms with E-state index in [0.29, 0.717) is 11.6 Å². The van der Waals surface area contributed by atoms with Crippen molar-refractivity contribution in [3.8, 4) is 11.1 Å². The molecule has 1 atom stereocenters. The van der Waals surface area contributed by atoms with Gasteiger partial charge in [0.2, 0.25) is 0 Å². The van der Waals surface area contributed by atoms with Gasteiger partial charge in [-0.05, 0) is 67.5 Å². The quantitative estimate of drug-likeness (QED) is 0.624. The van der Waals surface area contributed by atoms with E-state index in [1.165, 1.54) is 12.1 Å². The summed E-state index contributed by atoms with van der Waals surface area (Å²) in [5.41, 5.74) is 4.94. The second-order valence-corrected chi connectivity index (χ2v) is 7.91. The first-order valence-corrected chi connectivity index (χ1v) is 10.7. The van der Waals surface area contributed by atoms with Crippen LogP contribution in [0.5, 0.6) is 0 Å². The summed E-state index contributed by atoms with van der Waals surface area (Å²) in [6.45, 7) is 5.42. The normalized spacial score (nSPS) is 16.1. The highest BCUT2D eigenvalue weighted by Gasteiger charge is 2.25. The zero-order valence-electron chi connectivity index (χ0n) is 17.7. The van der Waals surface area contributed by atoms with E-state index >= 15 is 0 Å². The second-order valence-electron chi connectivity index (χ2n) is 7.91. The van der Waals surface area contributed by atoms with Crippen LogP contribution in [0.2, 0.25) is 0 Å². The third-order valence-corrected chi connectivity index (χ3v) is 6.03.